The van der Waals surface area contributed by atoms with E-state index in [-0.39, 0.29) is 5.02 Å². The van der Waals surface area contributed by atoms with Crippen LogP contribution in [0.15, 0.2) is 18.2 Å². The monoisotopic (exact) mass is 264 g/mol. The van der Waals surface area contributed by atoms with Gasteiger partial charge in [0.25, 0.3) is 0 Å². The van der Waals surface area contributed by atoms with E-state index in [9.17, 15) is 18.3 Å². The molecule has 94 valence electrons. The van der Waals surface area contributed by atoms with E-state index in [2.05, 4.69) is 0 Å². The maximum Gasteiger partial charge on any atom is 0.417 e. The van der Waals surface area contributed by atoms with E-state index in [0.717, 1.165) is 24.5 Å². The van der Waals surface area contributed by atoms with E-state index in [1.165, 1.54) is 12.1 Å². The highest BCUT2D eigenvalue weighted by molar-refractivity contribution is 6.31. The number of halogens is 4. The smallest absolute Gasteiger partial charge is 0.390 e. The number of alkyl halides is 3. The molecule has 2 rings (SSSR count). The standard InChI is InChI=1S/C12H12ClF3O/c13-10-7-8(3-4-11(17)5-6-11)1-2-9(10)12(14,15)16/h1-2,7,17H,3-6H2. The Balaban J connectivity index is 2.08. The van der Waals surface area contributed by atoms with E-state index in [1.807, 2.05) is 0 Å². The molecule has 0 spiro atoms. The third-order valence-electron chi connectivity index (χ3n) is 3.05. The average Bonchev–Trinajstić information content (AvgIpc) is 2.92. The van der Waals surface area contributed by atoms with Crippen molar-refractivity contribution in [2.75, 3.05) is 0 Å². The van der Waals surface area contributed by atoms with Gasteiger partial charge in [-0.25, -0.2) is 0 Å². The van der Waals surface area contributed by atoms with Crippen molar-refractivity contribution in [3.8, 4) is 0 Å². The first-order valence-electron chi connectivity index (χ1n) is 5.38. The summed E-state index contributed by atoms with van der Waals surface area (Å²) in [6.07, 6.45) is -1.73. The number of aliphatic hydroxyl groups is 1. The summed E-state index contributed by atoms with van der Waals surface area (Å²) in [5.74, 6) is 0. The minimum Gasteiger partial charge on any atom is -0.390 e. The zero-order chi connectivity index (χ0) is 12.7. The molecule has 5 heteroatoms. The van der Waals surface area contributed by atoms with Crippen LogP contribution in [0.4, 0.5) is 13.2 Å². The second-order valence-electron chi connectivity index (χ2n) is 4.54. The molecule has 0 aromatic heterocycles. The van der Waals surface area contributed by atoms with Crippen molar-refractivity contribution >= 4 is 11.6 Å². The summed E-state index contributed by atoms with van der Waals surface area (Å²) in [7, 11) is 0. The lowest BCUT2D eigenvalue weighted by atomic mass is 10.0. The maximum atomic E-state index is 12.4. The molecule has 1 nitrogen and oxygen atoms in total. The number of hydrogen-bond donors (Lipinski definition) is 1. The highest BCUT2D eigenvalue weighted by Crippen LogP contribution is 2.40. The van der Waals surface area contributed by atoms with Gasteiger partial charge in [-0.3, -0.25) is 0 Å². The van der Waals surface area contributed by atoms with Gasteiger partial charge >= 0.3 is 6.18 Å². The summed E-state index contributed by atoms with van der Waals surface area (Å²) in [4.78, 5) is 0. The number of hydrogen-bond acceptors (Lipinski definition) is 1. The molecule has 0 heterocycles. The van der Waals surface area contributed by atoms with Crippen LogP contribution in [-0.2, 0) is 12.6 Å². The molecule has 1 aliphatic rings. The molecular weight excluding hydrogens is 253 g/mol. The number of aryl methyl sites for hydroxylation is 1. The van der Waals surface area contributed by atoms with Gasteiger partial charge in [0, 0.05) is 0 Å². The summed E-state index contributed by atoms with van der Waals surface area (Å²) in [6.45, 7) is 0. The molecule has 0 atom stereocenters. The van der Waals surface area contributed by atoms with Crippen LogP contribution in [0.1, 0.15) is 30.4 Å². The lowest BCUT2D eigenvalue weighted by molar-refractivity contribution is -0.137. The van der Waals surface area contributed by atoms with Gasteiger partial charge in [0.1, 0.15) is 0 Å². The van der Waals surface area contributed by atoms with Crippen LogP contribution in [0.3, 0.4) is 0 Å². The van der Waals surface area contributed by atoms with Crippen LogP contribution in [0.2, 0.25) is 5.02 Å². The van der Waals surface area contributed by atoms with E-state index in [1.54, 1.807) is 0 Å². The summed E-state index contributed by atoms with van der Waals surface area (Å²) < 4.78 is 37.3. The van der Waals surface area contributed by atoms with Crippen LogP contribution in [0.5, 0.6) is 0 Å². The Hall–Kier alpha value is -0.740. The Morgan fingerprint density at radius 2 is 1.94 bits per heavy atom. The topological polar surface area (TPSA) is 20.2 Å². The molecule has 1 N–H and O–H groups in total. The van der Waals surface area contributed by atoms with Gasteiger partial charge in [-0.2, -0.15) is 13.2 Å². The first-order chi connectivity index (χ1) is 7.80. The Morgan fingerprint density at radius 1 is 1.29 bits per heavy atom. The third kappa shape index (κ3) is 3.13. The quantitative estimate of drug-likeness (QED) is 0.880. The molecular formula is C12H12ClF3O. The second kappa shape index (κ2) is 4.18. The van der Waals surface area contributed by atoms with Crippen molar-refractivity contribution in [2.24, 2.45) is 0 Å². The second-order valence-corrected chi connectivity index (χ2v) is 4.94. The summed E-state index contributed by atoms with van der Waals surface area (Å²) in [5.41, 5.74) is -0.675. The minimum absolute atomic E-state index is 0.280. The van der Waals surface area contributed by atoms with Crippen LogP contribution < -0.4 is 0 Å². The lowest BCUT2D eigenvalue weighted by Gasteiger charge is -2.11. The maximum absolute atomic E-state index is 12.4. The highest BCUT2D eigenvalue weighted by Gasteiger charge is 2.39. The largest absolute Gasteiger partial charge is 0.417 e. The Labute approximate surface area is 102 Å². The molecule has 0 aliphatic heterocycles. The van der Waals surface area contributed by atoms with Crippen molar-refractivity contribution in [2.45, 2.75) is 37.5 Å². The van der Waals surface area contributed by atoms with Gasteiger partial charge in [0.15, 0.2) is 0 Å². The van der Waals surface area contributed by atoms with Gasteiger partial charge in [0.05, 0.1) is 16.2 Å². The molecule has 1 aliphatic carbocycles. The fraction of sp³-hybridized carbons (Fsp3) is 0.500. The Kier molecular flexibility index (Phi) is 3.12. The van der Waals surface area contributed by atoms with E-state index < -0.39 is 17.3 Å². The molecule has 17 heavy (non-hydrogen) atoms. The molecule has 1 aromatic carbocycles. The van der Waals surface area contributed by atoms with Crippen molar-refractivity contribution in [1.82, 2.24) is 0 Å². The van der Waals surface area contributed by atoms with Crippen LogP contribution >= 0.6 is 11.6 Å². The predicted molar refractivity (Wildman–Crippen MR) is 59.0 cm³/mol. The van der Waals surface area contributed by atoms with Crippen molar-refractivity contribution in [1.29, 1.82) is 0 Å². The van der Waals surface area contributed by atoms with E-state index >= 15 is 0 Å². The van der Waals surface area contributed by atoms with Crippen molar-refractivity contribution in [3.05, 3.63) is 34.3 Å². The lowest BCUT2D eigenvalue weighted by Crippen LogP contribution is -2.09. The number of benzene rings is 1. The minimum atomic E-state index is -4.41. The van der Waals surface area contributed by atoms with E-state index in [4.69, 9.17) is 11.6 Å². The van der Waals surface area contributed by atoms with Gasteiger partial charge in [-0.05, 0) is 43.4 Å². The SMILES string of the molecule is OC1(CCc2ccc(C(F)(F)F)c(Cl)c2)CC1. The van der Waals surface area contributed by atoms with Gasteiger partial charge in [0.2, 0.25) is 0 Å². The van der Waals surface area contributed by atoms with Gasteiger partial charge in [-0.15, -0.1) is 0 Å². The molecule has 0 saturated heterocycles. The summed E-state index contributed by atoms with van der Waals surface area (Å²) >= 11 is 5.60. The molecule has 0 bridgehead atoms. The Morgan fingerprint density at radius 3 is 2.41 bits per heavy atom. The molecule has 0 amide bonds. The molecule has 0 radical (unpaired) electrons. The summed E-state index contributed by atoms with van der Waals surface area (Å²) in [5, 5.41) is 9.35. The fourth-order valence-electron chi connectivity index (χ4n) is 1.72. The Bertz CT molecular complexity index is 424. The average molecular weight is 265 g/mol. The molecule has 1 saturated carbocycles. The molecule has 1 fully saturated rings. The highest BCUT2D eigenvalue weighted by atomic mass is 35.5. The summed E-state index contributed by atoms with van der Waals surface area (Å²) in [6, 6.07) is 3.74. The predicted octanol–water partition coefficient (Wildman–Crippen LogP) is 3.82. The molecule has 1 aromatic rings. The van der Waals surface area contributed by atoms with Crippen molar-refractivity contribution in [3.63, 3.8) is 0 Å². The number of rotatable bonds is 3. The zero-order valence-electron chi connectivity index (χ0n) is 9.02. The van der Waals surface area contributed by atoms with E-state index in [0.29, 0.717) is 12.8 Å². The van der Waals surface area contributed by atoms with Gasteiger partial charge in [-0.1, -0.05) is 17.7 Å². The van der Waals surface area contributed by atoms with Crippen LogP contribution in [0, 0.1) is 0 Å². The zero-order valence-corrected chi connectivity index (χ0v) is 9.78. The fourth-order valence-corrected chi connectivity index (χ4v) is 2.03. The van der Waals surface area contributed by atoms with Gasteiger partial charge < -0.3 is 5.11 Å². The first-order valence-corrected chi connectivity index (χ1v) is 5.76. The van der Waals surface area contributed by atoms with Crippen LogP contribution in [0.25, 0.3) is 0 Å². The normalized spacial score (nSPS) is 18.2. The third-order valence-corrected chi connectivity index (χ3v) is 3.36. The first kappa shape index (κ1) is 12.7. The molecule has 0 unspecified atom stereocenters. The van der Waals surface area contributed by atoms with Crippen LogP contribution in [-0.4, -0.2) is 10.7 Å². The van der Waals surface area contributed by atoms with Crippen molar-refractivity contribution < 1.29 is 18.3 Å².